The molecular formula is C19H24F3N3O. The van der Waals surface area contributed by atoms with E-state index in [4.69, 9.17) is 0 Å². The third-order valence-corrected chi connectivity index (χ3v) is 6.18. The lowest BCUT2D eigenvalue weighted by molar-refractivity contribution is -0.138. The van der Waals surface area contributed by atoms with Gasteiger partial charge in [0.05, 0.1) is 5.56 Å². The van der Waals surface area contributed by atoms with E-state index in [9.17, 15) is 18.0 Å². The van der Waals surface area contributed by atoms with Crippen molar-refractivity contribution in [3.8, 4) is 0 Å². The fourth-order valence-corrected chi connectivity index (χ4v) is 4.23. The molecular weight excluding hydrogens is 343 g/mol. The SMILES string of the molecule is CC(C)N1Cc2c(cc(N3CCN(C)C4(CC4)C3)cc2C(F)(F)F)C1=O. The molecule has 1 aromatic carbocycles. The summed E-state index contributed by atoms with van der Waals surface area (Å²) in [4.78, 5) is 18.5. The zero-order valence-electron chi connectivity index (χ0n) is 15.4. The van der Waals surface area contributed by atoms with Crippen molar-refractivity contribution in [1.29, 1.82) is 0 Å². The minimum absolute atomic E-state index is 0.0353. The Labute approximate surface area is 151 Å². The average Bonchev–Trinajstić information content (AvgIpc) is 3.25. The number of fused-ring (bicyclic) bond motifs is 1. The second-order valence-electron chi connectivity index (χ2n) is 8.11. The van der Waals surface area contributed by atoms with Gasteiger partial charge in [0.1, 0.15) is 0 Å². The Kier molecular flexibility index (Phi) is 3.81. The van der Waals surface area contributed by atoms with E-state index in [2.05, 4.69) is 11.9 Å². The van der Waals surface area contributed by atoms with Crippen molar-refractivity contribution in [3.05, 3.63) is 28.8 Å². The van der Waals surface area contributed by atoms with Gasteiger partial charge in [-0.2, -0.15) is 13.2 Å². The standard InChI is InChI=1S/C19H24F3N3O/c1-12(2)25-10-15-14(17(25)26)8-13(9-16(15)19(20,21)22)24-7-6-23(3)18(11-24)4-5-18/h8-9,12H,4-7,10-11H2,1-3H3. The molecule has 1 saturated carbocycles. The molecule has 1 aliphatic carbocycles. The van der Waals surface area contributed by atoms with Gasteiger partial charge in [0, 0.05) is 49.0 Å². The molecule has 1 amide bonds. The van der Waals surface area contributed by atoms with Crippen molar-refractivity contribution in [2.24, 2.45) is 0 Å². The molecule has 1 aromatic rings. The van der Waals surface area contributed by atoms with Gasteiger partial charge in [-0.05, 0) is 51.4 Å². The number of likely N-dealkylation sites (N-methyl/N-ethyl adjacent to an activating group) is 1. The maximum absolute atomic E-state index is 13.7. The van der Waals surface area contributed by atoms with Crippen LogP contribution in [0.25, 0.3) is 0 Å². The maximum atomic E-state index is 13.7. The van der Waals surface area contributed by atoms with Gasteiger partial charge in [0.15, 0.2) is 0 Å². The van der Waals surface area contributed by atoms with E-state index < -0.39 is 11.7 Å². The lowest BCUT2D eigenvalue weighted by Gasteiger charge is -2.41. The van der Waals surface area contributed by atoms with Crippen molar-refractivity contribution >= 4 is 11.6 Å². The number of carbonyl (C=O) groups excluding carboxylic acids is 1. The number of piperazine rings is 1. The molecule has 1 spiro atoms. The topological polar surface area (TPSA) is 26.8 Å². The number of halogens is 3. The number of anilines is 1. The monoisotopic (exact) mass is 367 g/mol. The van der Waals surface area contributed by atoms with Crippen LogP contribution in [-0.2, 0) is 12.7 Å². The van der Waals surface area contributed by atoms with Gasteiger partial charge in [0.2, 0.25) is 0 Å². The highest BCUT2D eigenvalue weighted by molar-refractivity contribution is 6.00. The van der Waals surface area contributed by atoms with Gasteiger partial charge in [0.25, 0.3) is 5.91 Å². The number of hydrogen-bond donors (Lipinski definition) is 0. The molecule has 0 N–H and O–H groups in total. The van der Waals surface area contributed by atoms with Crippen molar-refractivity contribution in [2.75, 3.05) is 31.6 Å². The molecule has 2 heterocycles. The summed E-state index contributed by atoms with van der Waals surface area (Å²) >= 11 is 0. The number of nitrogens with zero attached hydrogens (tertiary/aromatic N) is 3. The van der Waals surface area contributed by atoms with Crippen LogP contribution in [0.3, 0.4) is 0 Å². The van der Waals surface area contributed by atoms with Crippen LogP contribution in [-0.4, -0.2) is 54.0 Å². The van der Waals surface area contributed by atoms with Crippen molar-refractivity contribution in [3.63, 3.8) is 0 Å². The van der Waals surface area contributed by atoms with Gasteiger partial charge in [-0.15, -0.1) is 0 Å². The quantitative estimate of drug-likeness (QED) is 0.802. The molecule has 0 atom stereocenters. The number of rotatable bonds is 2. The Hall–Kier alpha value is -1.76. The van der Waals surface area contributed by atoms with Gasteiger partial charge in [-0.25, -0.2) is 0 Å². The lowest BCUT2D eigenvalue weighted by atomic mass is 10.00. The van der Waals surface area contributed by atoms with E-state index >= 15 is 0 Å². The number of alkyl halides is 3. The summed E-state index contributed by atoms with van der Waals surface area (Å²) in [5, 5.41) is 0. The predicted octanol–water partition coefficient (Wildman–Crippen LogP) is 3.35. The van der Waals surface area contributed by atoms with Gasteiger partial charge in [-0.3, -0.25) is 9.69 Å². The minimum Gasteiger partial charge on any atom is -0.368 e. The zero-order chi connectivity index (χ0) is 18.9. The summed E-state index contributed by atoms with van der Waals surface area (Å²) in [6, 6.07) is 2.80. The third kappa shape index (κ3) is 2.68. The first kappa shape index (κ1) is 17.6. The summed E-state index contributed by atoms with van der Waals surface area (Å²) in [5.41, 5.74) is 0.297. The number of benzene rings is 1. The van der Waals surface area contributed by atoms with E-state index in [1.165, 1.54) is 11.0 Å². The third-order valence-electron chi connectivity index (χ3n) is 6.18. The fourth-order valence-electron chi connectivity index (χ4n) is 4.23. The Bertz CT molecular complexity index is 755. The van der Waals surface area contributed by atoms with Crippen molar-refractivity contribution in [2.45, 2.75) is 51.0 Å². The van der Waals surface area contributed by atoms with Crippen molar-refractivity contribution < 1.29 is 18.0 Å². The first-order valence-corrected chi connectivity index (χ1v) is 9.14. The van der Waals surface area contributed by atoms with Crippen LogP contribution in [0.5, 0.6) is 0 Å². The van der Waals surface area contributed by atoms with Crippen LogP contribution >= 0.6 is 0 Å². The van der Waals surface area contributed by atoms with E-state index in [1.54, 1.807) is 6.07 Å². The first-order valence-electron chi connectivity index (χ1n) is 9.14. The highest BCUT2D eigenvalue weighted by Gasteiger charge is 2.50. The molecule has 0 unspecified atom stereocenters. The van der Waals surface area contributed by atoms with Gasteiger partial charge in [-0.1, -0.05) is 0 Å². The minimum atomic E-state index is -4.46. The van der Waals surface area contributed by atoms with Crippen LogP contribution in [0.1, 0.15) is 48.2 Å². The maximum Gasteiger partial charge on any atom is 0.416 e. The molecule has 0 aromatic heterocycles. The molecule has 2 fully saturated rings. The second kappa shape index (κ2) is 5.62. The molecule has 0 bridgehead atoms. The van der Waals surface area contributed by atoms with Crippen LogP contribution in [0.4, 0.5) is 18.9 Å². The molecule has 3 aliphatic rings. The largest absolute Gasteiger partial charge is 0.416 e. The fraction of sp³-hybridized carbons (Fsp3) is 0.632. The van der Waals surface area contributed by atoms with Crippen molar-refractivity contribution in [1.82, 2.24) is 9.80 Å². The molecule has 4 rings (SSSR count). The number of hydrogen-bond acceptors (Lipinski definition) is 3. The second-order valence-corrected chi connectivity index (χ2v) is 8.11. The van der Waals surface area contributed by atoms with Crippen LogP contribution in [0.2, 0.25) is 0 Å². The highest BCUT2D eigenvalue weighted by atomic mass is 19.4. The Balaban J connectivity index is 1.75. The van der Waals surface area contributed by atoms with E-state index in [0.29, 0.717) is 12.2 Å². The predicted molar refractivity (Wildman–Crippen MR) is 93.3 cm³/mol. The molecule has 4 nitrogen and oxygen atoms in total. The molecule has 7 heteroatoms. The normalized spacial score (nSPS) is 22.5. The van der Waals surface area contributed by atoms with Crippen LogP contribution in [0.15, 0.2) is 12.1 Å². The summed E-state index contributed by atoms with van der Waals surface area (Å²) in [6.07, 6.45) is -2.30. The summed E-state index contributed by atoms with van der Waals surface area (Å²) in [6.45, 7) is 5.92. The average molecular weight is 367 g/mol. The molecule has 1 saturated heterocycles. The number of amides is 1. The Morgan fingerprint density at radius 3 is 2.42 bits per heavy atom. The summed E-state index contributed by atoms with van der Waals surface area (Å²) in [5.74, 6) is -0.294. The summed E-state index contributed by atoms with van der Waals surface area (Å²) in [7, 11) is 2.08. The first-order chi connectivity index (χ1) is 12.1. The summed E-state index contributed by atoms with van der Waals surface area (Å²) < 4.78 is 41.1. The van der Waals surface area contributed by atoms with E-state index in [-0.39, 0.29) is 35.2 Å². The van der Waals surface area contributed by atoms with E-state index in [1.807, 2.05) is 18.7 Å². The smallest absolute Gasteiger partial charge is 0.368 e. The Morgan fingerprint density at radius 2 is 1.85 bits per heavy atom. The Morgan fingerprint density at radius 1 is 1.15 bits per heavy atom. The number of carbonyl (C=O) groups is 1. The molecule has 0 radical (unpaired) electrons. The molecule has 26 heavy (non-hydrogen) atoms. The van der Waals surface area contributed by atoms with E-state index in [0.717, 1.165) is 25.9 Å². The van der Waals surface area contributed by atoms with Gasteiger partial charge >= 0.3 is 6.18 Å². The van der Waals surface area contributed by atoms with Gasteiger partial charge < -0.3 is 9.80 Å². The highest BCUT2D eigenvalue weighted by Crippen LogP contribution is 2.46. The lowest BCUT2D eigenvalue weighted by Crippen LogP contribution is -2.53. The van der Waals surface area contributed by atoms with Crippen LogP contribution in [0, 0.1) is 0 Å². The zero-order valence-corrected chi connectivity index (χ0v) is 15.4. The van der Waals surface area contributed by atoms with Crippen LogP contribution < -0.4 is 4.90 Å². The molecule has 142 valence electrons. The molecule has 2 aliphatic heterocycles.